The molecule has 0 bridgehead atoms. The van der Waals surface area contributed by atoms with E-state index in [-0.39, 0.29) is 10.9 Å². The minimum Gasteiger partial charge on any atom is -0.477 e. The molecular formula is C23H22N6O4S. The van der Waals surface area contributed by atoms with Gasteiger partial charge in [-0.05, 0) is 44.0 Å². The molecular weight excluding hydrogens is 456 g/mol. The Hall–Kier alpha value is -4.04. The maximum Gasteiger partial charge on any atom is 0.252 e. The lowest BCUT2D eigenvalue weighted by Gasteiger charge is -2.13. The van der Waals surface area contributed by atoms with Crippen molar-refractivity contribution < 1.29 is 17.9 Å². The molecule has 1 aliphatic rings. The maximum atomic E-state index is 12.7. The van der Waals surface area contributed by atoms with Crippen LogP contribution in [0.2, 0.25) is 0 Å². The largest absolute Gasteiger partial charge is 0.477 e. The van der Waals surface area contributed by atoms with Crippen molar-refractivity contribution >= 4 is 21.6 Å². The Morgan fingerprint density at radius 3 is 2.68 bits per heavy atom. The Balaban J connectivity index is 1.46. The van der Waals surface area contributed by atoms with Crippen LogP contribution in [-0.2, 0) is 10.0 Å². The van der Waals surface area contributed by atoms with Crippen molar-refractivity contribution in [3.05, 3.63) is 66.2 Å². The van der Waals surface area contributed by atoms with Gasteiger partial charge in [-0.25, -0.2) is 13.4 Å². The average molecular weight is 479 g/mol. The molecule has 1 aromatic carbocycles. The molecule has 2 heterocycles. The van der Waals surface area contributed by atoms with Gasteiger partial charge < -0.3 is 10.1 Å². The van der Waals surface area contributed by atoms with E-state index in [1.807, 2.05) is 13.0 Å². The summed E-state index contributed by atoms with van der Waals surface area (Å²) >= 11 is 0. The third-order valence-corrected chi connectivity index (χ3v) is 6.92. The predicted molar refractivity (Wildman–Crippen MR) is 124 cm³/mol. The van der Waals surface area contributed by atoms with Crippen LogP contribution < -0.4 is 14.8 Å². The van der Waals surface area contributed by atoms with Crippen molar-refractivity contribution in [2.45, 2.75) is 31.1 Å². The number of pyridine rings is 1. The first-order valence-corrected chi connectivity index (χ1v) is 12.2. The van der Waals surface area contributed by atoms with Crippen molar-refractivity contribution in [2.75, 3.05) is 11.3 Å². The fourth-order valence-corrected chi connectivity index (χ4v) is 4.56. The SMILES string of the molecule is CCOc1cncc(-c2ccc(C(=O)NC(C#N)c3cc(NS(=O)(=O)C4CC4)ccn3)cc2)n1. The molecule has 174 valence electrons. The number of rotatable bonds is 9. The van der Waals surface area contributed by atoms with Crippen LogP contribution in [-0.4, -0.2) is 41.1 Å². The first kappa shape index (κ1) is 23.1. The van der Waals surface area contributed by atoms with Crippen molar-refractivity contribution in [3.8, 4) is 23.2 Å². The Labute approximate surface area is 197 Å². The quantitative estimate of drug-likeness (QED) is 0.477. The van der Waals surface area contributed by atoms with Gasteiger partial charge in [0.05, 0.1) is 47.4 Å². The highest BCUT2D eigenvalue weighted by atomic mass is 32.2. The lowest BCUT2D eigenvalue weighted by Crippen LogP contribution is -2.28. The van der Waals surface area contributed by atoms with Gasteiger partial charge in [0.15, 0.2) is 6.04 Å². The number of sulfonamides is 1. The van der Waals surface area contributed by atoms with Gasteiger partial charge in [0, 0.05) is 17.3 Å². The molecule has 0 aliphatic heterocycles. The monoisotopic (exact) mass is 478 g/mol. The number of aromatic nitrogens is 3. The normalized spacial score (nSPS) is 14.0. The summed E-state index contributed by atoms with van der Waals surface area (Å²) in [5.74, 6) is -0.0640. The molecule has 0 spiro atoms. The molecule has 1 saturated carbocycles. The smallest absolute Gasteiger partial charge is 0.252 e. The van der Waals surface area contributed by atoms with E-state index in [1.54, 1.807) is 30.5 Å². The Morgan fingerprint density at radius 1 is 1.24 bits per heavy atom. The van der Waals surface area contributed by atoms with Crippen LogP contribution in [0.5, 0.6) is 5.88 Å². The van der Waals surface area contributed by atoms with Crippen molar-refractivity contribution in [1.82, 2.24) is 20.3 Å². The van der Waals surface area contributed by atoms with E-state index in [1.165, 1.54) is 24.5 Å². The van der Waals surface area contributed by atoms with Gasteiger partial charge in [0.1, 0.15) is 0 Å². The molecule has 1 atom stereocenters. The molecule has 0 saturated heterocycles. The van der Waals surface area contributed by atoms with Crippen LogP contribution in [0.25, 0.3) is 11.3 Å². The predicted octanol–water partition coefficient (Wildman–Crippen LogP) is 2.84. The second kappa shape index (κ2) is 9.84. The lowest BCUT2D eigenvalue weighted by molar-refractivity contribution is 0.0944. The second-order valence-corrected chi connectivity index (χ2v) is 9.57. The summed E-state index contributed by atoms with van der Waals surface area (Å²) in [5.41, 5.74) is 2.21. The van der Waals surface area contributed by atoms with E-state index < -0.39 is 22.0 Å². The summed E-state index contributed by atoms with van der Waals surface area (Å²) in [6.07, 6.45) is 5.78. The van der Waals surface area contributed by atoms with E-state index in [9.17, 15) is 18.5 Å². The van der Waals surface area contributed by atoms with Crippen molar-refractivity contribution in [3.63, 3.8) is 0 Å². The van der Waals surface area contributed by atoms with Gasteiger partial charge in [-0.3, -0.25) is 19.5 Å². The summed E-state index contributed by atoms with van der Waals surface area (Å²) in [6.45, 7) is 2.33. The summed E-state index contributed by atoms with van der Waals surface area (Å²) in [7, 11) is -3.45. The number of hydrogen-bond acceptors (Lipinski definition) is 8. The Morgan fingerprint density at radius 2 is 2.00 bits per heavy atom. The molecule has 3 aromatic rings. The molecule has 1 unspecified atom stereocenters. The van der Waals surface area contributed by atoms with E-state index in [0.717, 1.165) is 5.56 Å². The van der Waals surface area contributed by atoms with Crippen LogP contribution in [0.3, 0.4) is 0 Å². The van der Waals surface area contributed by atoms with E-state index in [2.05, 4.69) is 25.0 Å². The molecule has 34 heavy (non-hydrogen) atoms. The molecule has 1 aliphatic carbocycles. The van der Waals surface area contributed by atoms with Gasteiger partial charge in [0.25, 0.3) is 5.91 Å². The first-order valence-electron chi connectivity index (χ1n) is 10.6. The summed E-state index contributed by atoms with van der Waals surface area (Å²) in [6, 6.07) is 10.6. The number of anilines is 1. The van der Waals surface area contributed by atoms with Crippen LogP contribution in [0.15, 0.2) is 55.0 Å². The van der Waals surface area contributed by atoms with E-state index >= 15 is 0 Å². The number of ether oxygens (including phenoxy) is 1. The Bertz CT molecular complexity index is 1330. The minimum atomic E-state index is -3.45. The van der Waals surface area contributed by atoms with Gasteiger partial charge in [-0.1, -0.05) is 12.1 Å². The molecule has 11 heteroatoms. The molecule has 0 radical (unpaired) electrons. The third kappa shape index (κ3) is 5.47. The molecule has 1 fully saturated rings. The zero-order valence-electron chi connectivity index (χ0n) is 18.3. The van der Waals surface area contributed by atoms with Crippen LogP contribution in [0.1, 0.15) is 41.9 Å². The number of nitriles is 1. The van der Waals surface area contributed by atoms with E-state index in [4.69, 9.17) is 4.74 Å². The summed E-state index contributed by atoms with van der Waals surface area (Å²) in [4.78, 5) is 25.3. The number of amides is 1. The number of benzene rings is 1. The van der Waals surface area contributed by atoms with Gasteiger partial charge in [-0.15, -0.1) is 0 Å². The topological polar surface area (TPSA) is 147 Å². The number of hydrogen-bond donors (Lipinski definition) is 2. The second-order valence-electron chi connectivity index (χ2n) is 7.60. The minimum absolute atomic E-state index is 0.228. The van der Waals surface area contributed by atoms with Gasteiger partial charge in [0.2, 0.25) is 15.9 Å². The Kier molecular flexibility index (Phi) is 6.70. The molecule has 2 N–H and O–H groups in total. The maximum absolute atomic E-state index is 12.7. The number of carbonyl (C=O) groups is 1. The zero-order chi connectivity index (χ0) is 24.1. The number of carbonyl (C=O) groups excluding carboxylic acids is 1. The van der Waals surface area contributed by atoms with Crippen molar-refractivity contribution in [1.29, 1.82) is 5.26 Å². The number of nitrogens with one attached hydrogen (secondary N) is 2. The van der Waals surface area contributed by atoms with Crippen LogP contribution in [0, 0.1) is 11.3 Å². The third-order valence-electron chi connectivity index (χ3n) is 5.05. The highest BCUT2D eigenvalue weighted by Gasteiger charge is 2.35. The highest BCUT2D eigenvalue weighted by molar-refractivity contribution is 7.93. The molecule has 2 aromatic heterocycles. The average Bonchev–Trinajstić information content (AvgIpc) is 3.69. The molecule has 1 amide bonds. The van der Waals surface area contributed by atoms with Gasteiger partial charge >= 0.3 is 0 Å². The van der Waals surface area contributed by atoms with Gasteiger partial charge in [-0.2, -0.15) is 5.26 Å². The number of nitrogens with zero attached hydrogens (tertiary/aromatic N) is 4. The highest BCUT2D eigenvalue weighted by Crippen LogP contribution is 2.30. The standard InChI is InChI=1S/C23H22N6O4S/c1-2-33-22-14-25-13-21(27-22)15-3-5-16(6-4-15)23(30)28-20(12-24)19-11-17(9-10-26-19)29-34(31,32)18-7-8-18/h3-6,9-11,13-14,18,20H,2,7-8H2,1H3,(H,26,29)(H,28,30). The fourth-order valence-electron chi connectivity index (χ4n) is 3.18. The van der Waals surface area contributed by atoms with E-state index in [0.29, 0.717) is 42.3 Å². The summed E-state index contributed by atoms with van der Waals surface area (Å²) < 4.78 is 32.2. The fraction of sp³-hybridized carbons (Fsp3) is 0.261. The van der Waals surface area contributed by atoms with Crippen LogP contribution >= 0.6 is 0 Å². The van der Waals surface area contributed by atoms with Crippen molar-refractivity contribution in [2.24, 2.45) is 0 Å². The molecule has 4 rings (SSSR count). The first-order chi connectivity index (χ1) is 16.4. The molecule has 10 nitrogen and oxygen atoms in total. The van der Waals surface area contributed by atoms with Crippen LogP contribution in [0.4, 0.5) is 5.69 Å². The summed E-state index contributed by atoms with van der Waals surface area (Å²) in [5, 5.41) is 11.8. The zero-order valence-corrected chi connectivity index (χ0v) is 19.1. The lowest BCUT2D eigenvalue weighted by atomic mass is 10.1.